The lowest BCUT2D eigenvalue weighted by Gasteiger charge is -2.14. The summed E-state index contributed by atoms with van der Waals surface area (Å²) in [6.45, 7) is 0. The number of rotatable bonds is 6. The molecule has 0 fully saturated rings. The summed E-state index contributed by atoms with van der Waals surface area (Å²) in [6, 6.07) is 78.0. The van der Waals surface area contributed by atoms with Gasteiger partial charge >= 0.3 is 0 Å². The summed E-state index contributed by atoms with van der Waals surface area (Å²) in [7, 11) is 0. The summed E-state index contributed by atoms with van der Waals surface area (Å²) in [4.78, 5) is 10.2. The Bertz CT molecular complexity index is 3530. The Balaban J connectivity index is 1.07. The van der Waals surface area contributed by atoms with Crippen LogP contribution in [0.25, 0.3) is 111 Å². The van der Waals surface area contributed by atoms with E-state index < -0.39 is 0 Å². The van der Waals surface area contributed by atoms with Gasteiger partial charge in [-0.1, -0.05) is 170 Å². The van der Waals surface area contributed by atoms with Crippen LogP contribution in [0.2, 0.25) is 0 Å². The Labute approximate surface area is 346 Å². The average Bonchev–Trinajstić information content (AvgIpc) is 3.85. The molecule has 0 saturated carbocycles. The second-order valence-electron chi connectivity index (χ2n) is 15.4. The van der Waals surface area contributed by atoms with Gasteiger partial charge in [0.15, 0.2) is 5.82 Å². The van der Waals surface area contributed by atoms with Crippen molar-refractivity contribution in [1.82, 2.24) is 19.1 Å². The van der Waals surface area contributed by atoms with Gasteiger partial charge in [-0.25, -0.2) is 9.97 Å². The molecule has 0 radical (unpaired) electrons. The lowest BCUT2D eigenvalue weighted by atomic mass is 10.0. The average molecular weight is 765 g/mol. The van der Waals surface area contributed by atoms with E-state index in [4.69, 9.17) is 9.97 Å². The third kappa shape index (κ3) is 5.46. The van der Waals surface area contributed by atoms with Gasteiger partial charge in [0, 0.05) is 49.3 Å². The van der Waals surface area contributed by atoms with Crippen molar-refractivity contribution in [2.24, 2.45) is 0 Å². The molecule has 9 aromatic carbocycles. The zero-order valence-electron chi connectivity index (χ0n) is 32.6. The number of aromatic nitrogens is 4. The predicted octanol–water partition coefficient (Wildman–Crippen LogP) is 14.5. The highest BCUT2D eigenvalue weighted by Gasteiger charge is 2.22. The summed E-state index contributed by atoms with van der Waals surface area (Å²) in [6.07, 6.45) is 0. The molecule has 0 aliphatic carbocycles. The fourth-order valence-electron chi connectivity index (χ4n) is 9.18. The summed E-state index contributed by atoms with van der Waals surface area (Å²) in [5.41, 5.74) is 14.3. The monoisotopic (exact) mass is 764 g/mol. The van der Waals surface area contributed by atoms with Crippen LogP contribution in [0, 0.1) is 0 Å². The molecule has 280 valence electrons. The highest BCUT2D eigenvalue weighted by Crippen LogP contribution is 2.43. The van der Waals surface area contributed by atoms with Gasteiger partial charge in [-0.05, 0) is 65.0 Å². The Morgan fingerprint density at radius 1 is 0.317 bits per heavy atom. The van der Waals surface area contributed by atoms with Crippen LogP contribution in [0.5, 0.6) is 0 Å². The number of fused-ring (bicyclic) bond motifs is 8. The van der Waals surface area contributed by atoms with Crippen LogP contribution in [-0.2, 0) is 0 Å². The molecule has 4 heteroatoms. The molecule has 0 bridgehead atoms. The van der Waals surface area contributed by atoms with Gasteiger partial charge in [0.1, 0.15) is 0 Å². The van der Waals surface area contributed by atoms with Gasteiger partial charge in [-0.15, -0.1) is 0 Å². The van der Waals surface area contributed by atoms with Crippen LogP contribution in [0.15, 0.2) is 218 Å². The molecule has 0 spiro atoms. The van der Waals surface area contributed by atoms with Crippen molar-refractivity contribution in [2.45, 2.75) is 0 Å². The van der Waals surface area contributed by atoms with Gasteiger partial charge in [0.2, 0.25) is 0 Å². The maximum atomic E-state index is 5.14. The zero-order chi connectivity index (χ0) is 39.6. The number of para-hydroxylation sites is 2. The van der Waals surface area contributed by atoms with Gasteiger partial charge in [-0.3, -0.25) is 0 Å². The van der Waals surface area contributed by atoms with Crippen LogP contribution in [0.4, 0.5) is 0 Å². The van der Waals surface area contributed by atoms with Gasteiger partial charge < -0.3 is 9.13 Å². The molecule has 0 unspecified atom stereocenters. The van der Waals surface area contributed by atoms with E-state index in [1.54, 1.807) is 0 Å². The number of nitrogens with zero attached hydrogens (tertiary/aromatic N) is 4. The third-order valence-corrected chi connectivity index (χ3v) is 11.9. The van der Waals surface area contributed by atoms with Crippen molar-refractivity contribution in [3.8, 4) is 56.4 Å². The maximum absolute atomic E-state index is 5.14. The van der Waals surface area contributed by atoms with E-state index in [1.807, 2.05) is 24.3 Å². The van der Waals surface area contributed by atoms with E-state index in [0.29, 0.717) is 5.82 Å². The second kappa shape index (κ2) is 13.8. The molecule has 60 heavy (non-hydrogen) atoms. The molecule has 0 N–H and O–H groups in total. The maximum Gasteiger partial charge on any atom is 0.160 e. The lowest BCUT2D eigenvalue weighted by molar-refractivity contribution is 1.18. The van der Waals surface area contributed by atoms with Crippen LogP contribution < -0.4 is 0 Å². The normalized spacial score (nSPS) is 11.7. The highest BCUT2D eigenvalue weighted by molar-refractivity contribution is 6.26. The molecule has 3 aromatic heterocycles. The number of benzene rings is 9. The Morgan fingerprint density at radius 3 is 1.68 bits per heavy atom. The van der Waals surface area contributed by atoms with Crippen molar-refractivity contribution in [3.63, 3.8) is 0 Å². The predicted molar refractivity (Wildman–Crippen MR) is 250 cm³/mol. The smallest absolute Gasteiger partial charge is 0.160 e. The molecule has 0 aliphatic heterocycles. The van der Waals surface area contributed by atoms with Gasteiger partial charge in [0.25, 0.3) is 0 Å². The van der Waals surface area contributed by atoms with Crippen molar-refractivity contribution in [3.05, 3.63) is 218 Å². The minimum Gasteiger partial charge on any atom is -0.309 e. The Hall–Kier alpha value is -8.08. The molecule has 0 amide bonds. The first-order valence-corrected chi connectivity index (χ1v) is 20.4. The van der Waals surface area contributed by atoms with Crippen molar-refractivity contribution in [2.75, 3.05) is 0 Å². The molecule has 0 saturated heterocycles. The number of hydrogen-bond acceptors (Lipinski definition) is 2. The van der Waals surface area contributed by atoms with E-state index in [9.17, 15) is 0 Å². The minimum absolute atomic E-state index is 0.710. The van der Waals surface area contributed by atoms with Crippen LogP contribution in [0.3, 0.4) is 0 Å². The molecule has 3 heterocycles. The fourth-order valence-corrected chi connectivity index (χ4v) is 9.18. The first kappa shape index (κ1) is 34.0. The van der Waals surface area contributed by atoms with Gasteiger partial charge in [0.05, 0.1) is 39.1 Å². The zero-order valence-corrected chi connectivity index (χ0v) is 32.6. The molecule has 12 aromatic rings. The van der Waals surface area contributed by atoms with Crippen LogP contribution in [-0.4, -0.2) is 19.1 Å². The fraction of sp³-hybridized carbons (Fsp3) is 0. The summed E-state index contributed by atoms with van der Waals surface area (Å²) < 4.78 is 4.93. The highest BCUT2D eigenvalue weighted by atomic mass is 15.0. The molecule has 0 aliphatic rings. The van der Waals surface area contributed by atoms with E-state index in [-0.39, 0.29) is 0 Å². The standard InChI is InChI=1S/C56H36N4/c1-4-16-37(17-5-1)40-22-14-24-43(35-40)59-51-27-12-10-25-45(51)46-32-33-53-54(55(46)59)47-26-11-13-28-52(47)60(53)50-29-15-23-41-34-42(30-31-44(41)50)49-36-48(38-18-6-2-7-19-38)57-56(58-49)39-20-8-3-9-21-39/h1-36H. The van der Waals surface area contributed by atoms with Crippen molar-refractivity contribution in [1.29, 1.82) is 0 Å². The van der Waals surface area contributed by atoms with E-state index in [2.05, 4.69) is 203 Å². The first-order chi connectivity index (χ1) is 29.8. The summed E-state index contributed by atoms with van der Waals surface area (Å²) in [5.74, 6) is 0.710. The SMILES string of the molecule is c1ccc(-c2cccc(-n3c4ccccc4c4ccc5c(c6ccccc6n5-c5cccc6cc(-c7cc(-c8ccccc8)nc(-c8ccccc8)n7)ccc56)c43)c2)cc1. The van der Waals surface area contributed by atoms with E-state index in [1.165, 1.54) is 60.1 Å². The first-order valence-electron chi connectivity index (χ1n) is 20.4. The second-order valence-corrected chi connectivity index (χ2v) is 15.4. The van der Waals surface area contributed by atoms with Crippen molar-refractivity contribution >= 4 is 54.4 Å². The topological polar surface area (TPSA) is 35.6 Å². The molecular weight excluding hydrogens is 729 g/mol. The van der Waals surface area contributed by atoms with Crippen LogP contribution >= 0.6 is 0 Å². The van der Waals surface area contributed by atoms with E-state index >= 15 is 0 Å². The third-order valence-electron chi connectivity index (χ3n) is 11.9. The Morgan fingerprint density at radius 2 is 0.917 bits per heavy atom. The minimum atomic E-state index is 0.710. The van der Waals surface area contributed by atoms with Gasteiger partial charge in [-0.2, -0.15) is 0 Å². The summed E-state index contributed by atoms with van der Waals surface area (Å²) >= 11 is 0. The quantitative estimate of drug-likeness (QED) is 0.169. The molecule has 4 nitrogen and oxygen atoms in total. The van der Waals surface area contributed by atoms with Crippen LogP contribution in [0.1, 0.15) is 0 Å². The Kier molecular flexibility index (Phi) is 7.82. The number of hydrogen-bond donors (Lipinski definition) is 0. The molecule has 0 atom stereocenters. The van der Waals surface area contributed by atoms with Crippen molar-refractivity contribution < 1.29 is 0 Å². The van der Waals surface area contributed by atoms with E-state index in [0.717, 1.165) is 44.8 Å². The lowest BCUT2D eigenvalue weighted by Crippen LogP contribution is -1.97. The largest absolute Gasteiger partial charge is 0.309 e. The molecule has 12 rings (SSSR count). The summed E-state index contributed by atoms with van der Waals surface area (Å²) in [5, 5.41) is 7.25. The molecular formula is C56H36N4.